The summed E-state index contributed by atoms with van der Waals surface area (Å²) in [5.41, 5.74) is -2.41. The molecular formula is C12H15BF3NO2. The van der Waals surface area contributed by atoms with Crippen LogP contribution < -0.4 is 5.46 Å². The Morgan fingerprint density at radius 1 is 1.16 bits per heavy atom. The minimum absolute atomic E-state index is 0.323. The molecule has 1 aliphatic rings. The van der Waals surface area contributed by atoms with Crippen LogP contribution in [0, 0.1) is 5.82 Å². The van der Waals surface area contributed by atoms with Gasteiger partial charge in [-0.2, -0.15) is 0 Å². The molecule has 7 heteroatoms. The van der Waals surface area contributed by atoms with Crippen LogP contribution >= 0.6 is 0 Å². The van der Waals surface area contributed by atoms with Gasteiger partial charge in [-0.15, -0.1) is 0 Å². The lowest BCUT2D eigenvalue weighted by Crippen LogP contribution is -2.41. The van der Waals surface area contributed by atoms with Gasteiger partial charge >= 0.3 is 7.12 Å². The molecule has 2 rings (SSSR count). The normalized spacial score (nSPS) is 21.2. The molecule has 0 aromatic carbocycles. The fraction of sp³-hybridized carbons (Fsp3) is 0.583. The van der Waals surface area contributed by atoms with Crippen molar-refractivity contribution in [3.63, 3.8) is 0 Å². The molecule has 0 unspecified atom stereocenters. The Hall–Kier alpha value is -1.08. The molecule has 0 bridgehead atoms. The topological polar surface area (TPSA) is 31.4 Å². The molecule has 104 valence electrons. The van der Waals surface area contributed by atoms with E-state index in [1.165, 1.54) is 0 Å². The first kappa shape index (κ1) is 14.3. The molecule has 1 aliphatic heterocycles. The van der Waals surface area contributed by atoms with Gasteiger partial charge in [-0.1, -0.05) is 0 Å². The van der Waals surface area contributed by atoms with Crippen LogP contribution in [0.2, 0.25) is 0 Å². The first-order valence-corrected chi connectivity index (χ1v) is 5.94. The lowest BCUT2D eigenvalue weighted by molar-refractivity contribution is 0.00578. The van der Waals surface area contributed by atoms with Gasteiger partial charge in [0.1, 0.15) is 11.5 Å². The summed E-state index contributed by atoms with van der Waals surface area (Å²) in [6.07, 6.45) is -1.88. The monoisotopic (exact) mass is 273 g/mol. The first-order valence-electron chi connectivity index (χ1n) is 5.94. The molecule has 19 heavy (non-hydrogen) atoms. The van der Waals surface area contributed by atoms with E-state index in [4.69, 9.17) is 9.31 Å². The van der Waals surface area contributed by atoms with Crippen LogP contribution in [-0.2, 0) is 9.31 Å². The van der Waals surface area contributed by atoms with E-state index < -0.39 is 36.3 Å². The van der Waals surface area contributed by atoms with Crippen molar-refractivity contribution in [3.05, 3.63) is 23.8 Å². The highest BCUT2D eigenvalue weighted by atomic mass is 19.3. The zero-order valence-electron chi connectivity index (χ0n) is 11.2. The van der Waals surface area contributed by atoms with Gasteiger partial charge in [-0.3, -0.25) is 4.98 Å². The van der Waals surface area contributed by atoms with E-state index in [0.29, 0.717) is 0 Å². The van der Waals surface area contributed by atoms with Gasteiger partial charge in [-0.05, 0) is 33.8 Å². The fourth-order valence-electron chi connectivity index (χ4n) is 1.83. The molecule has 0 atom stereocenters. The molecule has 0 aliphatic carbocycles. The van der Waals surface area contributed by atoms with Crippen LogP contribution in [-0.4, -0.2) is 23.3 Å². The molecule has 0 saturated carbocycles. The fourth-order valence-corrected chi connectivity index (χ4v) is 1.83. The standard InChI is InChI=1S/C12H15BF3NO2/c1-11(2)12(3,4)19-13(18-11)8-7(14)5-6-17-9(8)10(15)16/h5-6,10H,1-4H3. The van der Waals surface area contributed by atoms with Crippen molar-refractivity contribution in [2.24, 2.45) is 0 Å². The largest absolute Gasteiger partial charge is 0.499 e. The van der Waals surface area contributed by atoms with Crippen LogP contribution in [0.15, 0.2) is 12.3 Å². The van der Waals surface area contributed by atoms with Crippen molar-refractivity contribution in [2.45, 2.75) is 45.3 Å². The molecule has 3 nitrogen and oxygen atoms in total. The van der Waals surface area contributed by atoms with Gasteiger partial charge in [0.25, 0.3) is 6.43 Å². The number of nitrogens with zero attached hydrogens (tertiary/aromatic N) is 1. The zero-order chi connectivity index (χ0) is 14.4. The lowest BCUT2D eigenvalue weighted by Gasteiger charge is -2.32. The number of hydrogen-bond acceptors (Lipinski definition) is 3. The van der Waals surface area contributed by atoms with Crippen molar-refractivity contribution in [3.8, 4) is 0 Å². The molecule has 1 saturated heterocycles. The van der Waals surface area contributed by atoms with Crippen LogP contribution in [0.5, 0.6) is 0 Å². The Morgan fingerprint density at radius 2 is 1.68 bits per heavy atom. The van der Waals surface area contributed by atoms with Gasteiger partial charge in [-0.25, -0.2) is 13.2 Å². The number of pyridine rings is 1. The molecule has 2 heterocycles. The van der Waals surface area contributed by atoms with Gasteiger partial charge in [0.15, 0.2) is 0 Å². The molecular weight excluding hydrogens is 258 g/mol. The number of alkyl halides is 2. The number of hydrogen-bond donors (Lipinski definition) is 0. The minimum atomic E-state index is -2.88. The Kier molecular flexibility index (Phi) is 3.39. The summed E-state index contributed by atoms with van der Waals surface area (Å²) in [6.45, 7) is 7.07. The predicted molar refractivity (Wildman–Crippen MR) is 64.9 cm³/mol. The third-order valence-corrected chi connectivity index (χ3v) is 3.66. The van der Waals surface area contributed by atoms with Crippen LogP contribution in [0.1, 0.15) is 39.8 Å². The maximum atomic E-state index is 13.8. The Labute approximate surface area is 110 Å². The van der Waals surface area contributed by atoms with E-state index in [1.807, 2.05) is 0 Å². The van der Waals surface area contributed by atoms with Crippen molar-refractivity contribution in [1.29, 1.82) is 0 Å². The number of halogens is 3. The third kappa shape index (κ3) is 2.37. The molecule has 0 amide bonds. The van der Waals surface area contributed by atoms with Crippen molar-refractivity contribution < 1.29 is 22.5 Å². The maximum Gasteiger partial charge on any atom is 0.499 e. The van der Waals surface area contributed by atoms with Crippen LogP contribution in [0.4, 0.5) is 13.2 Å². The second kappa shape index (κ2) is 4.49. The van der Waals surface area contributed by atoms with E-state index in [1.54, 1.807) is 27.7 Å². The highest BCUT2D eigenvalue weighted by Gasteiger charge is 2.53. The summed E-state index contributed by atoms with van der Waals surface area (Å²) in [5.74, 6) is -0.802. The van der Waals surface area contributed by atoms with Gasteiger partial charge in [0.05, 0.1) is 11.2 Å². The van der Waals surface area contributed by atoms with Crippen LogP contribution in [0.3, 0.4) is 0 Å². The molecule has 0 radical (unpaired) electrons. The second-order valence-corrected chi connectivity index (χ2v) is 5.48. The first-order chi connectivity index (χ1) is 8.66. The Balaban J connectivity index is 2.45. The average Bonchev–Trinajstić information content (AvgIpc) is 2.47. The minimum Gasteiger partial charge on any atom is -0.399 e. The molecule has 1 fully saturated rings. The SMILES string of the molecule is CC1(C)OB(c2c(F)ccnc2C(F)F)OC1(C)C. The Bertz CT molecular complexity index is 478. The zero-order valence-corrected chi connectivity index (χ0v) is 11.2. The van der Waals surface area contributed by atoms with E-state index in [9.17, 15) is 13.2 Å². The van der Waals surface area contributed by atoms with Crippen molar-refractivity contribution >= 4 is 12.6 Å². The molecule has 1 aromatic rings. The van der Waals surface area contributed by atoms with E-state index in [2.05, 4.69) is 4.98 Å². The van der Waals surface area contributed by atoms with Crippen LogP contribution in [0.25, 0.3) is 0 Å². The third-order valence-electron chi connectivity index (χ3n) is 3.66. The summed E-state index contributed by atoms with van der Waals surface area (Å²) in [6, 6.07) is 1.02. The quantitative estimate of drug-likeness (QED) is 0.775. The summed E-state index contributed by atoms with van der Waals surface area (Å²) >= 11 is 0. The lowest BCUT2D eigenvalue weighted by atomic mass is 9.77. The van der Waals surface area contributed by atoms with Crippen molar-refractivity contribution in [2.75, 3.05) is 0 Å². The number of aromatic nitrogens is 1. The predicted octanol–water partition coefficient (Wildman–Crippen LogP) is 2.46. The van der Waals surface area contributed by atoms with Gasteiger partial charge < -0.3 is 9.31 Å². The molecule has 0 N–H and O–H groups in total. The van der Waals surface area contributed by atoms with E-state index >= 15 is 0 Å². The summed E-state index contributed by atoms with van der Waals surface area (Å²) in [5, 5.41) is 0. The van der Waals surface area contributed by atoms with Gasteiger partial charge in [0.2, 0.25) is 0 Å². The maximum absolute atomic E-state index is 13.8. The smallest absolute Gasteiger partial charge is 0.399 e. The van der Waals surface area contributed by atoms with E-state index in [0.717, 1.165) is 12.3 Å². The average molecular weight is 273 g/mol. The number of rotatable bonds is 2. The Morgan fingerprint density at radius 3 is 2.16 bits per heavy atom. The summed E-state index contributed by atoms with van der Waals surface area (Å²) in [7, 11) is -1.18. The molecule has 0 spiro atoms. The second-order valence-electron chi connectivity index (χ2n) is 5.48. The summed E-state index contributed by atoms with van der Waals surface area (Å²) in [4.78, 5) is 3.53. The van der Waals surface area contributed by atoms with Crippen molar-refractivity contribution in [1.82, 2.24) is 4.98 Å². The van der Waals surface area contributed by atoms with E-state index in [-0.39, 0.29) is 5.46 Å². The summed E-state index contributed by atoms with van der Waals surface area (Å²) < 4.78 is 50.8. The molecule has 1 aromatic heterocycles. The highest BCUT2D eigenvalue weighted by molar-refractivity contribution is 6.62. The van der Waals surface area contributed by atoms with Gasteiger partial charge in [0, 0.05) is 11.7 Å². The highest BCUT2D eigenvalue weighted by Crippen LogP contribution is 2.37.